The molecule has 0 radical (unpaired) electrons. The van der Waals surface area contributed by atoms with Crippen LogP contribution in [0.4, 0.5) is 0 Å². The zero-order valence-electron chi connectivity index (χ0n) is 11.3. The van der Waals surface area contributed by atoms with E-state index in [0.717, 1.165) is 21.0 Å². The Morgan fingerprint density at radius 3 is 3.00 bits per heavy atom. The van der Waals surface area contributed by atoms with Crippen LogP contribution in [0.25, 0.3) is 10.2 Å². The fraction of sp³-hybridized carbons (Fsp3) is 0.429. The third-order valence-corrected chi connectivity index (χ3v) is 5.12. The van der Waals surface area contributed by atoms with Gasteiger partial charge in [-0.25, -0.2) is 4.98 Å². The van der Waals surface area contributed by atoms with Gasteiger partial charge < -0.3 is 10.4 Å². The Kier molecular flexibility index (Phi) is 5.82. The second-order valence-corrected chi connectivity index (χ2v) is 6.67. The fourth-order valence-electron chi connectivity index (χ4n) is 1.84. The minimum atomic E-state index is -0.00504. The van der Waals surface area contributed by atoms with Gasteiger partial charge in [-0.15, -0.1) is 11.3 Å². The highest BCUT2D eigenvalue weighted by molar-refractivity contribution is 8.01. The van der Waals surface area contributed by atoms with E-state index in [1.54, 1.807) is 11.3 Å². The first-order valence-corrected chi connectivity index (χ1v) is 8.41. The lowest BCUT2D eigenvalue weighted by Gasteiger charge is -2.15. The van der Waals surface area contributed by atoms with E-state index in [1.165, 1.54) is 11.8 Å². The Balaban J connectivity index is 1.86. The number of carbonyl (C=O) groups excluding carboxylic acids is 1. The molecule has 0 bridgehead atoms. The fourth-order valence-corrected chi connectivity index (χ4v) is 3.72. The monoisotopic (exact) mass is 310 g/mol. The number of thioether (sulfide) groups is 1. The number of benzene rings is 1. The van der Waals surface area contributed by atoms with E-state index in [-0.39, 0.29) is 18.6 Å². The molecule has 1 aromatic carbocycles. The van der Waals surface area contributed by atoms with Gasteiger partial charge in [0.15, 0.2) is 4.34 Å². The summed E-state index contributed by atoms with van der Waals surface area (Å²) in [5.74, 6) is 0.358. The van der Waals surface area contributed by atoms with Crippen LogP contribution in [-0.2, 0) is 4.79 Å². The van der Waals surface area contributed by atoms with Gasteiger partial charge in [0.1, 0.15) is 0 Å². The number of para-hydroxylation sites is 1. The highest BCUT2D eigenvalue weighted by Gasteiger charge is 2.11. The number of aliphatic hydroxyl groups excluding tert-OH is 1. The van der Waals surface area contributed by atoms with E-state index in [2.05, 4.69) is 10.3 Å². The van der Waals surface area contributed by atoms with Crippen LogP contribution in [0.15, 0.2) is 28.6 Å². The quantitative estimate of drug-likeness (QED) is 0.772. The van der Waals surface area contributed by atoms with Crippen LogP contribution in [0.3, 0.4) is 0 Å². The van der Waals surface area contributed by atoms with E-state index < -0.39 is 0 Å². The highest BCUT2D eigenvalue weighted by Crippen LogP contribution is 2.29. The van der Waals surface area contributed by atoms with Crippen LogP contribution in [-0.4, -0.2) is 34.4 Å². The largest absolute Gasteiger partial charge is 0.396 e. The first-order valence-electron chi connectivity index (χ1n) is 6.61. The average Bonchev–Trinajstić information content (AvgIpc) is 2.87. The van der Waals surface area contributed by atoms with E-state index in [4.69, 9.17) is 5.11 Å². The molecule has 2 rings (SSSR count). The van der Waals surface area contributed by atoms with Gasteiger partial charge in [0.05, 0.1) is 16.0 Å². The molecular formula is C14H18N2O2S2. The standard InChI is InChI=1S/C14H18N2O2S2/c1-2-10(7-8-17)15-13(18)9-19-14-16-11-5-3-4-6-12(11)20-14/h3-6,10,17H,2,7-9H2,1H3,(H,15,18). The van der Waals surface area contributed by atoms with Gasteiger partial charge in [0.25, 0.3) is 0 Å². The molecule has 1 amide bonds. The maximum absolute atomic E-state index is 11.8. The van der Waals surface area contributed by atoms with E-state index in [1.807, 2.05) is 31.2 Å². The van der Waals surface area contributed by atoms with Gasteiger partial charge in [-0.1, -0.05) is 30.8 Å². The molecular weight excluding hydrogens is 292 g/mol. The number of hydrogen-bond donors (Lipinski definition) is 2. The van der Waals surface area contributed by atoms with Gasteiger partial charge in [0.2, 0.25) is 5.91 Å². The predicted octanol–water partition coefficient (Wildman–Crippen LogP) is 2.67. The molecule has 0 aliphatic heterocycles. The Hall–Kier alpha value is -1.11. The SMILES string of the molecule is CCC(CCO)NC(=O)CSc1nc2ccccc2s1. The van der Waals surface area contributed by atoms with Crippen molar-refractivity contribution >= 4 is 39.2 Å². The number of hydrogen-bond acceptors (Lipinski definition) is 5. The number of aromatic nitrogens is 1. The second-order valence-electron chi connectivity index (χ2n) is 4.42. The summed E-state index contributed by atoms with van der Waals surface area (Å²) in [6.45, 7) is 2.10. The van der Waals surface area contributed by atoms with Gasteiger partial charge in [-0.05, 0) is 25.0 Å². The van der Waals surface area contributed by atoms with Crippen LogP contribution >= 0.6 is 23.1 Å². The number of amides is 1. The highest BCUT2D eigenvalue weighted by atomic mass is 32.2. The summed E-state index contributed by atoms with van der Waals surface area (Å²) >= 11 is 3.06. The second kappa shape index (κ2) is 7.61. The van der Waals surface area contributed by atoms with Crippen LogP contribution in [0, 0.1) is 0 Å². The number of carbonyl (C=O) groups is 1. The molecule has 4 nitrogen and oxygen atoms in total. The van der Waals surface area contributed by atoms with Crippen molar-refractivity contribution in [2.45, 2.75) is 30.1 Å². The Morgan fingerprint density at radius 1 is 1.50 bits per heavy atom. The van der Waals surface area contributed by atoms with Crippen molar-refractivity contribution in [2.24, 2.45) is 0 Å². The molecule has 2 aromatic rings. The zero-order valence-corrected chi connectivity index (χ0v) is 13.0. The summed E-state index contributed by atoms with van der Waals surface area (Å²) in [5.41, 5.74) is 0.979. The summed E-state index contributed by atoms with van der Waals surface area (Å²) in [6.07, 6.45) is 1.44. The molecule has 1 aromatic heterocycles. The summed E-state index contributed by atoms with van der Waals surface area (Å²) in [7, 11) is 0. The summed E-state index contributed by atoms with van der Waals surface area (Å²) in [6, 6.07) is 8.02. The van der Waals surface area contributed by atoms with Crippen LogP contribution in [0.1, 0.15) is 19.8 Å². The Bertz CT molecular complexity index is 538. The normalized spacial score (nSPS) is 12.5. The number of fused-ring (bicyclic) bond motifs is 1. The molecule has 0 aliphatic rings. The van der Waals surface area contributed by atoms with Crippen molar-refractivity contribution in [1.29, 1.82) is 0 Å². The van der Waals surface area contributed by atoms with Crippen molar-refractivity contribution in [2.75, 3.05) is 12.4 Å². The Labute approximate surface area is 126 Å². The van der Waals surface area contributed by atoms with Crippen molar-refractivity contribution < 1.29 is 9.90 Å². The summed E-state index contributed by atoms with van der Waals surface area (Å²) < 4.78 is 2.05. The van der Waals surface area contributed by atoms with E-state index in [0.29, 0.717) is 12.2 Å². The molecule has 0 fully saturated rings. The molecule has 1 unspecified atom stereocenters. The Morgan fingerprint density at radius 2 is 2.30 bits per heavy atom. The maximum Gasteiger partial charge on any atom is 0.230 e. The van der Waals surface area contributed by atoms with Gasteiger partial charge in [0, 0.05) is 12.6 Å². The van der Waals surface area contributed by atoms with Crippen molar-refractivity contribution in [3.8, 4) is 0 Å². The smallest absolute Gasteiger partial charge is 0.230 e. The van der Waals surface area contributed by atoms with Gasteiger partial charge in [-0.3, -0.25) is 4.79 Å². The number of aliphatic hydroxyl groups is 1. The van der Waals surface area contributed by atoms with Crippen LogP contribution in [0.5, 0.6) is 0 Å². The molecule has 0 spiro atoms. The van der Waals surface area contributed by atoms with Crippen molar-refractivity contribution in [3.63, 3.8) is 0 Å². The third-order valence-electron chi connectivity index (χ3n) is 2.94. The molecule has 1 atom stereocenters. The lowest BCUT2D eigenvalue weighted by atomic mass is 10.1. The molecule has 0 saturated carbocycles. The van der Waals surface area contributed by atoms with Gasteiger partial charge in [-0.2, -0.15) is 0 Å². The number of thiazole rings is 1. The van der Waals surface area contributed by atoms with Crippen LogP contribution < -0.4 is 5.32 Å². The molecule has 108 valence electrons. The molecule has 2 N–H and O–H groups in total. The average molecular weight is 310 g/mol. The zero-order chi connectivity index (χ0) is 14.4. The maximum atomic E-state index is 11.8. The lowest BCUT2D eigenvalue weighted by Crippen LogP contribution is -2.36. The minimum Gasteiger partial charge on any atom is -0.396 e. The predicted molar refractivity (Wildman–Crippen MR) is 84.3 cm³/mol. The molecule has 1 heterocycles. The topological polar surface area (TPSA) is 62.2 Å². The minimum absolute atomic E-state index is 0.00504. The summed E-state index contributed by atoms with van der Waals surface area (Å²) in [5, 5.41) is 11.8. The van der Waals surface area contributed by atoms with E-state index in [9.17, 15) is 4.79 Å². The molecule has 0 aliphatic carbocycles. The first-order chi connectivity index (χ1) is 9.72. The first kappa shape index (κ1) is 15.3. The summed E-state index contributed by atoms with van der Waals surface area (Å²) in [4.78, 5) is 16.3. The van der Waals surface area contributed by atoms with E-state index >= 15 is 0 Å². The van der Waals surface area contributed by atoms with Crippen molar-refractivity contribution in [1.82, 2.24) is 10.3 Å². The molecule has 6 heteroatoms. The number of nitrogens with zero attached hydrogens (tertiary/aromatic N) is 1. The molecule has 20 heavy (non-hydrogen) atoms. The number of rotatable bonds is 7. The van der Waals surface area contributed by atoms with Gasteiger partial charge >= 0.3 is 0 Å². The van der Waals surface area contributed by atoms with Crippen molar-refractivity contribution in [3.05, 3.63) is 24.3 Å². The lowest BCUT2D eigenvalue weighted by molar-refractivity contribution is -0.119. The third kappa shape index (κ3) is 4.19. The van der Waals surface area contributed by atoms with Crippen LogP contribution in [0.2, 0.25) is 0 Å². The molecule has 0 saturated heterocycles. The number of nitrogens with one attached hydrogen (secondary N) is 1.